The fraction of sp³-hybridized carbons (Fsp3) is 0.923. The van der Waals surface area contributed by atoms with Crippen LogP contribution in [0.2, 0.25) is 0 Å². The van der Waals surface area contributed by atoms with E-state index < -0.39 is 0 Å². The molecule has 0 aromatic rings. The maximum Gasteiger partial charge on any atom is 0.234 e. The van der Waals surface area contributed by atoms with Gasteiger partial charge in [-0.2, -0.15) is 0 Å². The van der Waals surface area contributed by atoms with Gasteiger partial charge in [-0.25, -0.2) is 0 Å². The molecule has 4 heteroatoms. The van der Waals surface area contributed by atoms with Crippen molar-refractivity contribution in [1.82, 2.24) is 10.2 Å². The van der Waals surface area contributed by atoms with E-state index in [1.54, 1.807) is 0 Å². The second-order valence-corrected chi connectivity index (χ2v) is 5.47. The van der Waals surface area contributed by atoms with Gasteiger partial charge in [0, 0.05) is 18.1 Å². The Morgan fingerprint density at radius 2 is 1.88 bits per heavy atom. The predicted octanol–water partition coefficient (Wildman–Crippen LogP) is 0.857. The molecule has 2 fully saturated rings. The third kappa shape index (κ3) is 3.96. The fourth-order valence-corrected chi connectivity index (χ4v) is 2.65. The van der Waals surface area contributed by atoms with E-state index in [1.807, 2.05) is 0 Å². The molecule has 0 radical (unpaired) electrons. The normalized spacial score (nSPS) is 29.4. The number of nitrogens with zero attached hydrogens (tertiary/aromatic N) is 1. The molecule has 1 amide bonds. The number of nitrogens with one attached hydrogen (secondary N) is 1. The van der Waals surface area contributed by atoms with E-state index in [4.69, 9.17) is 5.73 Å². The summed E-state index contributed by atoms with van der Waals surface area (Å²) in [6.45, 7) is 3.66. The van der Waals surface area contributed by atoms with Crippen molar-refractivity contribution in [3.05, 3.63) is 0 Å². The Morgan fingerprint density at radius 1 is 1.24 bits per heavy atom. The van der Waals surface area contributed by atoms with E-state index in [0.29, 0.717) is 24.7 Å². The van der Waals surface area contributed by atoms with Gasteiger partial charge in [-0.15, -0.1) is 0 Å². The smallest absolute Gasteiger partial charge is 0.234 e. The van der Waals surface area contributed by atoms with Gasteiger partial charge in [-0.3, -0.25) is 9.69 Å². The Labute approximate surface area is 104 Å². The number of nitrogens with two attached hydrogens (primary N) is 1. The first-order valence-electron chi connectivity index (χ1n) is 6.98. The van der Waals surface area contributed by atoms with Crippen LogP contribution in [0, 0.1) is 0 Å². The molecule has 2 aliphatic carbocycles. The standard InChI is InChI=1S/C13H25N3O/c1-2-16(9-13(17)15-11-5-6-11)12-7-3-10(14)4-8-12/h10-12H,2-9,14H2,1H3,(H,15,17). The van der Waals surface area contributed by atoms with Crippen LogP contribution in [0.15, 0.2) is 0 Å². The monoisotopic (exact) mass is 239 g/mol. The number of hydrogen-bond donors (Lipinski definition) is 2. The quantitative estimate of drug-likeness (QED) is 0.748. The third-order valence-corrected chi connectivity index (χ3v) is 3.95. The molecule has 0 heterocycles. The highest BCUT2D eigenvalue weighted by Gasteiger charge is 2.27. The average molecular weight is 239 g/mol. The lowest BCUT2D eigenvalue weighted by atomic mass is 9.91. The van der Waals surface area contributed by atoms with Crippen LogP contribution in [0.3, 0.4) is 0 Å². The molecule has 98 valence electrons. The van der Waals surface area contributed by atoms with Gasteiger partial charge in [0.15, 0.2) is 0 Å². The number of hydrogen-bond acceptors (Lipinski definition) is 3. The van der Waals surface area contributed by atoms with Crippen molar-refractivity contribution in [2.24, 2.45) is 5.73 Å². The van der Waals surface area contributed by atoms with Crippen molar-refractivity contribution < 1.29 is 4.79 Å². The summed E-state index contributed by atoms with van der Waals surface area (Å²) in [6.07, 6.45) is 6.82. The maximum absolute atomic E-state index is 11.8. The van der Waals surface area contributed by atoms with E-state index in [9.17, 15) is 4.79 Å². The summed E-state index contributed by atoms with van der Waals surface area (Å²) in [5, 5.41) is 3.06. The van der Waals surface area contributed by atoms with E-state index in [-0.39, 0.29) is 5.91 Å². The lowest BCUT2D eigenvalue weighted by molar-refractivity contribution is -0.123. The molecule has 0 saturated heterocycles. The number of likely N-dealkylation sites (N-methyl/N-ethyl adjacent to an activating group) is 1. The largest absolute Gasteiger partial charge is 0.352 e. The van der Waals surface area contributed by atoms with Gasteiger partial charge in [-0.1, -0.05) is 6.92 Å². The molecule has 0 aromatic heterocycles. The summed E-state index contributed by atoms with van der Waals surface area (Å²) in [4.78, 5) is 14.1. The van der Waals surface area contributed by atoms with Gasteiger partial charge in [0.2, 0.25) is 5.91 Å². The molecule has 0 atom stereocenters. The molecule has 0 unspecified atom stereocenters. The fourth-order valence-electron chi connectivity index (χ4n) is 2.65. The van der Waals surface area contributed by atoms with Gasteiger partial charge in [0.05, 0.1) is 6.54 Å². The molecule has 0 aliphatic heterocycles. The second kappa shape index (κ2) is 5.83. The molecular formula is C13H25N3O. The van der Waals surface area contributed by atoms with Gasteiger partial charge in [0.1, 0.15) is 0 Å². The molecule has 3 N–H and O–H groups in total. The molecule has 2 rings (SSSR count). The van der Waals surface area contributed by atoms with Crippen LogP contribution >= 0.6 is 0 Å². The van der Waals surface area contributed by atoms with Gasteiger partial charge < -0.3 is 11.1 Å². The zero-order valence-electron chi connectivity index (χ0n) is 10.8. The first-order chi connectivity index (χ1) is 8.19. The Kier molecular flexibility index (Phi) is 4.40. The minimum atomic E-state index is 0.198. The van der Waals surface area contributed by atoms with Gasteiger partial charge in [0.25, 0.3) is 0 Å². The number of carbonyl (C=O) groups excluding carboxylic acids is 1. The highest BCUT2D eigenvalue weighted by Crippen LogP contribution is 2.22. The Balaban J connectivity index is 1.76. The Bertz CT molecular complexity index is 257. The van der Waals surface area contributed by atoms with Crippen LogP contribution in [0.25, 0.3) is 0 Å². The minimum Gasteiger partial charge on any atom is -0.352 e. The van der Waals surface area contributed by atoms with E-state index >= 15 is 0 Å². The van der Waals surface area contributed by atoms with Crippen molar-refractivity contribution in [1.29, 1.82) is 0 Å². The molecular weight excluding hydrogens is 214 g/mol. The molecule has 0 spiro atoms. The summed E-state index contributed by atoms with van der Waals surface area (Å²) < 4.78 is 0. The van der Waals surface area contributed by atoms with E-state index in [1.165, 1.54) is 0 Å². The highest BCUT2D eigenvalue weighted by molar-refractivity contribution is 5.78. The topological polar surface area (TPSA) is 58.4 Å². The van der Waals surface area contributed by atoms with Crippen molar-refractivity contribution in [3.63, 3.8) is 0 Å². The summed E-state index contributed by atoms with van der Waals surface area (Å²) in [5.74, 6) is 0.198. The van der Waals surface area contributed by atoms with Crippen LogP contribution in [0.4, 0.5) is 0 Å². The molecule has 2 saturated carbocycles. The zero-order chi connectivity index (χ0) is 12.3. The first kappa shape index (κ1) is 12.8. The van der Waals surface area contributed by atoms with Crippen LogP contribution in [0.1, 0.15) is 45.4 Å². The van der Waals surface area contributed by atoms with Gasteiger partial charge >= 0.3 is 0 Å². The Morgan fingerprint density at radius 3 is 2.41 bits per heavy atom. The molecule has 17 heavy (non-hydrogen) atoms. The number of rotatable bonds is 5. The molecule has 0 bridgehead atoms. The Hall–Kier alpha value is -0.610. The van der Waals surface area contributed by atoms with Crippen molar-refractivity contribution in [3.8, 4) is 0 Å². The van der Waals surface area contributed by atoms with Crippen molar-refractivity contribution in [2.45, 2.75) is 63.6 Å². The highest BCUT2D eigenvalue weighted by atomic mass is 16.2. The van der Waals surface area contributed by atoms with E-state index in [2.05, 4.69) is 17.1 Å². The van der Waals surface area contributed by atoms with Crippen LogP contribution in [-0.4, -0.2) is 42.0 Å². The number of amides is 1. The SMILES string of the molecule is CCN(CC(=O)NC1CC1)C1CCC(N)CC1. The first-order valence-corrected chi connectivity index (χ1v) is 6.98. The predicted molar refractivity (Wildman–Crippen MR) is 68.6 cm³/mol. The summed E-state index contributed by atoms with van der Waals surface area (Å²) >= 11 is 0. The third-order valence-electron chi connectivity index (χ3n) is 3.95. The maximum atomic E-state index is 11.8. The lowest BCUT2D eigenvalue weighted by Crippen LogP contribution is -2.46. The van der Waals surface area contributed by atoms with Crippen LogP contribution in [-0.2, 0) is 4.79 Å². The second-order valence-electron chi connectivity index (χ2n) is 5.47. The van der Waals surface area contributed by atoms with Crippen molar-refractivity contribution in [2.75, 3.05) is 13.1 Å². The van der Waals surface area contributed by atoms with Crippen molar-refractivity contribution >= 4 is 5.91 Å². The molecule has 4 nitrogen and oxygen atoms in total. The average Bonchev–Trinajstić information content (AvgIpc) is 3.11. The summed E-state index contributed by atoms with van der Waals surface area (Å²) in [5.41, 5.74) is 5.92. The molecule has 0 aromatic carbocycles. The van der Waals surface area contributed by atoms with Crippen LogP contribution < -0.4 is 11.1 Å². The minimum absolute atomic E-state index is 0.198. The zero-order valence-corrected chi connectivity index (χ0v) is 10.8. The van der Waals surface area contributed by atoms with Gasteiger partial charge in [-0.05, 0) is 45.1 Å². The van der Waals surface area contributed by atoms with E-state index in [0.717, 1.165) is 45.1 Å². The summed E-state index contributed by atoms with van der Waals surface area (Å²) in [6, 6.07) is 1.41. The molecule has 2 aliphatic rings. The van der Waals surface area contributed by atoms with Crippen LogP contribution in [0.5, 0.6) is 0 Å². The summed E-state index contributed by atoms with van der Waals surface area (Å²) in [7, 11) is 0. The number of carbonyl (C=O) groups is 1. The lowest BCUT2D eigenvalue weighted by Gasteiger charge is -2.35.